The highest BCUT2D eigenvalue weighted by Crippen LogP contribution is 2.57. The lowest BCUT2D eigenvalue weighted by Crippen LogP contribution is -2.40. The van der Waals surface area contributed by atoms with E-state index in [0.29, 0.717) is 17.7 Å². The fourth-order valence-corrected chi connectivity index (χ4v) is 3.05. The molecule has 2 aromatic rings. The average molecular weight is 303 g/mol. The number of carboxylic acid groups (broad SMARTS) is 1. The van der Waals surface area contributed by atoms with E-state index >= 15 is 0 Å². The molecule has 0 amide bonds. The van der Waals surface area contributed by atoms with Gasteiger partial charge in [0.05, 0.1) is 11.9 Å². The largest absolute Gasteiger partial charge is 0.476 e. The van der Waals surface area contributed by atoms with Crippen LogP contribution in [0.25, 0.3) is 5.82 Å². The van der Waals surface area contributed by atoms with Crippen molar-refractivity contribution < 1.29 is 19.5 Å². The molecule has 0 aromatic carbocycles. The summed E-state index contributed by atoms with van der Waals surface area (Å²) in [7, 11) is 1.55. The number of aromatic nitrogens is 4. The fraction of sp³-hybridized carbons (Fsp3) is 0.467. The molecule has 2 aliphatic rings. The van der Waals surface area contributed by atoms with Crippen LogP contribution in [0.5, 0.6) is 0 Å². The first-order valence-corrected chi connectivity index (χ1v) is 7.46. The van der Waals surface area contributed by atoms with Gasteiger partial charge in [-0.15, -0.1) is 0 Å². The molecule has 1 N–H and O–H groups in total. The zero-order valence-electron chi connectivity index (χ0n) is 12.9. The summed E-state index contributed by atoms with van der Waals surface area (Å²) in [6, 6.07) is 0. The summed E-state index contributed by atoms with van der Waals surface area (Å²) in [5.41, 5.74) is 2.03. The molecule has 2 atom stereocenters. The number of rotatable bonds is 3. The first kappa shape index (κ1) is 14.5. The van der Waals surface area contributed by atoms with Crippen LogP contribution in [-0.2, 0) is 6.42 Å². The molecule has 7 heteroatoms. The highest BCUT2D eigenvalue weighted by molar-refractivity contribution is 5.88. The Bertz CT molecular complexity index is 726. The normalized spacial score (nSPS) is 20.5. The van der Waals surface area contributed by atoms with E-state index < -0.39 is 5.97 Å². The third-order valence-corrected chi connectivity index (χ3v) is 4.06. The molecule has 1 saturated carbocycles. The predicted molar refractivity (Wildman–Crippen MR) is 76.9 cm³/mol. The summed E-state index contributed by atoms with van der Waals surface area (Å²) >= 11 is 0. The molecule has 2 unspecified atom stereocenters. The van der Waals surface area contributed by atoms with Crippen LogP contribution >= 0.6 is 0 Å². The first-order valence-electron chi connectivity index (χ1n) is 7.46. The van der Waals surface area contributed by atoms with Crippen molar-refractivity contribution in [3.63, 3.8) is 0 Å². The van der Waals surface area contributed by atoms with Gasteiger partial charge in [-0.05, 0) is 18.8 Å². The molecular formula is C15H19N4O3+. The van der Waals surface area contributed by atoms with Gasteiger partial charge < -0.3 is 5.11 Å². The molecule has 0 saturated heterocycles. The molecule has 116 valence electrons. The van der Waals surface area contributed by atoms with Crippen molar-refractivity contribution in [1.29, 1.82) is 0 Å². The Balaban J connectivity index is 0.000000693. The van der Waals surface area contributed by atoms with Crippen LogP contribution in [0.4, 0.5) is 0 Å². The quantitative estimate of drug-likeness (QED) is 0.855. The molecule has 2 heterocycles. The Morgan fingerprint density at radius 3 is 2.95 bits per heavy atom. The topological polar surface area (TPSA) is 81.1 Å². The zero-order chi connectivity index (χ0) is 15.9. The van der Waals surface area contributed by atoms with Crippen LogP contribution in [0.15, 0.2) is 18.6 Å². The van der Waals surface area contributed by atoms with Crippen LogP contribution in [-0.4, -0.2) is 33.0 Å². The molecule has 2 aromatic heterocycles. The molecule has 2 aliphatic carbocycles. The third-order valence-electron chi connectivity index (χ3n) is 4.06. The minimum Gasteiger partial charge on any atom is -0.476 e. The van der Waals surface area contributed by atoms with Gasteiger partial charge in [-0.2, -0.15) is 5.10 Å². The highest BCUT2D eigenvalue weighted by Gasteiger charge is 2.50. The molecule has 0 aliphatic heterocycles. The first-order chi connectivity index (χ1) is 10.7. The number of hydrogen-bond acceptors (Lipinski definition) is 4. The second kappa shape index (κ2) is 5.40. The molecule has 0 spiro atoms. The van der Waals surface area contributed by atoms with Crippen LogP contribution < -0.4 is 9.57 Å². The maximum atomic E-state index is 11.3. The number of hydrogen-bond donors (Lipinski definition) is 1. The lowest BCUT2D eigenvalue weighted by molar-refractivity contribution is -0.885. The van der Waals surface area contributed by atoms with Crippen molar-refractivity contribution in [3.8, 4) is 5.82 Å². The summed E-state index contributed by atoms with van der Waals surface area (Å²) in [6.07, 6.45) is 6.90. The number of carboxylic acids is 1. The van der Waals surface area contributed by atoms with Crippen molar-refractivity contribution in [1.82, 2.24) is 14.8 Å². The summed E-state index contributed by atoms with van der Waals surface area (Å²) in [4.78, 5) is 20.7. The van der Waals surface area contributed by atoms with Crippen LogP contribution in [0, 0.1) is 5.92 Å². The monoisotopic (exact) mass is 303 g/mol. The third kappa shape index (κ3) is 2.13. The second-order valence-electron chi connectivity index (χ2n) is 5.19. The zero-order valence-corrected chi connectivity index (χ0v) is 12.9. The maximum Gasteiger partial charge on any atom is 0.356 e. The molecule has 0 bridgehead atoms. The smallest absolute Gasteiger partial charge is 0.356 e. The Kier molecular flexibility index (Phi) is 3.56. The van der Waals surface area contributed by atoms with E-state index in [2.05, 4.69) is 10.1 Å². The lowest BCUT2D eigenvalue weighted by atomic mass is 10.1. The molecule has 1 fully saturated rings. The van der Waals surface area contributed by atoms with Gasteiger partial charge in [-0.1, -0.05) is 13.8 Å². The average Bonchev–Trinajstić information content (AvgIpc) is 3.05. The Labute approximate surface area is 128 Å². The maximum absolute atomic E-state index is 11.3. The summed E-state index contributed by atoms with van der Waals surface area (Å²) < 4.78 is 3.17. The minimum atomic E-state index is -0.975. The van der Waals surface area contributed by atoms with Gasteiger partial charge >= 0.3 is 5.97 Å². The summed E-state index contributed by atoms with van der Waals surface area (Å²) in [5.74, 6) is 0.622. The molecule has 4 rings (SSSR count). The van der Waals surface area contributed by atoms with Gasteiger partial charge in [-0.25, -0.2) is 14.5 Å². The van der Waals surface area contributed by atoms with E-state index in [1.807, 2.05) is 13.8 Å². The number of carbonyl (C=O) groups is 1. The fourth-order valence-electron chi connectivity index (χ4n) is 3.05. The van der Waals surface area contributed by atoms with Crippen LogP contribution in [0.2, 0.25) is 0 Å². The van der Waals surface area contributed by atoms with E-state index in [4.69, 9.17) is 4.84 Å². The predicted octanol–water partition coefficient (Wildman–Crippen LogP) is 0.997. The van der Waals surface area contributed by atoms with Gasteiger partial charge in [-0.3, -0.25) is 4.84 Å². The Morgan fingerprint density at radius 2 is 2.27 bits per heavy atom. The Hall–Kier alpha value is -2.44. The Morgan fingerprint density at radius 1 is 1.50 bits per heavy atom. The van der Waals surface area contributed by atoms with Crippen LogP contribution in [0.3, 0.4) is 0 Å². The van der Waals surface area contributed by atoms with Gasteiger partial charge in [0.1, 0.15) is 7.11 Å². The van der Waals surface area contributed by atoms with Crippen molar-refractivity contribution in [2.45, 2.75) is 32.6 Å². The van der Waals surface area contributed by atoms with Gasteiger partial charge in [0.2, 0.25) is 12.0 Å². The van der Waals surface area contributed by atoms with Crippen LogP contribution in [0.1, 0.15) is 47.9 Å². The second-order valence-corrected chi connectivity index (χ2v) is 5.19. The lowest BCUT2D eigenvalue weighted by Gasteiger charge is -2.03. The van der Waals surface area contributed by atoms with E-state index in [-0.39, 0.29) is 5.69 Å². The van der Waals surface area contributed by atoms with Gasteiger partial charge in [0, 0.05) is 16.2 Å². The minimum absolute atomic E-state index is 0.154. The molecule has 7 nitrogen and oxygen atoms in total. The molecule has 22 heavy (non-hydrogen) atoms. The van der Waals surface area contributed by atoms with Crippen molar-refractivity contribution in [3.05, 3.63) is 35.5 Å². The van der Waals surface area contributed by atoms with E-state index in [0.717, 1.165) is 24.1 Å². The summed E-state index contributed by atoms with van der Waals surface area (Å²) in [5, 5.41) is 13.5. The van der Waals surface area contributed by atoms with Crippen molar-refractivity contribution in [2.24, 2.45) is 5.92 Å². The van der Waals surface area contributed by atoms with E-state index in [1.165, 1.54) is 4.73 Å². The van der Waals surface area contributed by atoms with E-state index in [1.54, 1.807) is 30.4 Å². The van der Waals surface area contributed by atoms with Gasteiger partial charge in [0.15, 0.2) is 5.69 Å². The SMILES string of the molecule is CC.CO[n+]1ccnc(-n2nc(C(=O)O)c3c2C2CC2C3)c1. The standard InChI is InChI=1S/C13H12N4O3.C2H6/c1-20-16-3-2-14-10(6-16)17-12-8-4-7(8)5-9(12)11(15-17)13(18)19;1-2/h2-3,6-8H,4-5H2,1H3;1-2H3/p+1. The summed E-state index contributed by atoms with van der Waals surface area (Å²) in [6.45, 7) is 4.00. The molecule has 0 radical (unpaired) electrons. The van der Waals surface area contributed by atoms with Gasteiger partial charge in [0.25, 0.3) is 6.20 Å². The van der Waals surface area contributed by atoms with Crippen molar-refractivity contribution >= 4 is 5.97 Å². The molecular weight excluding hydrogens is 284 g/mol. The highest BCUT2D eigenvalue weighted by atomic mass is 16.6. The number of nitrogens with zero attached hydrogens (tertiary/aromatic N) is 4. The number of aromatic carboxylic acids is 1. The van der Waals surface area contributed by atoms with E-state index in [9.17, 15) is 9.90 Å². The van der Waals surface area contributed by atoms with Crippen molar-refractivity contribution in [2.75, 3.05) is 7.11 Å². The number of fused-ring (bicyclic) bond motifs is 3.